The highest BCUT2D eigenvalue weighted by Crippen LogP contribution is 2.33. The lowest BCUT2D eigenvalue weighted by molar-refractivity contribution is 0.0506. The van der Waals surface area contributed by atoms with Crippen molar-refractivity contribution >= 4 is 40.9 Å². The van der Waals surface area contributed by atoms with E-state index in [2.05, 4.69) is 5.32 Å². The van der Waals surface area contributed by atoms with E-state index in [0.29, 0.717) is 29.9 Å². The van der Waals surface area contributed by atoms with Gasteiger partial charge in [-0.3, -0.25) is 4.57 Å². The van der Waals surface area contributed by atoms with Crippen molar-refractivity contribution < 1.29 is 9.53 Å². The number of esters is 1. The van der Waals surface area contributed by atoms with Crippen molar-refractivity contribution in [2.45, 2.75) is 38.1 Å². The van der Waals surface area contributed by atoms with Crippen LogP contribution in [-0.2, 0) is 4.74 Å². The predicted octanol–water partition coefficient (Wildman–Crippen LogP) is 5.78. The van der Waals surface area contributed by atoms with Gasteiger partial charge in [0, 0.05) is 23.7 Å². The summed E-state index contributed by atoms with van der Waals surface area (Å²) >= 11 is 6.66. The Balaban J connectivity index is 0.00000240. The SMILES string of the molecule is Cl.O=C(OCCNC1CCCCC1)c1c(Cl)n(-c2ccccc2)c2ccccc12. The van der Waals surface area contributed by atoms with Crippen LogP contribution in [0.5, 0.6) is 0 Å². The van der Waals surface area contributed by atoms with Gasteiger partial charge < -0.3 is 10.1 Å². The van der Waals surface area contributed by atoms with Crippen molar-refractivity contribution in [3.05, 3.63) is 65.3 Å². The van der Waals surface area contributed by atoms with Crippen LogP contribution < -0.4 is 5.32 Å². The minimum absolute atomic E-state index is 0. The van der Waals surface area contributed by atoms with E-state index in [4.69, 9.17) is 16.3 Å². The van der Waals surface area contributed by atoms with Gasteiger partial charge in [0.1, 0.15) is 17.3 Å². The Morgan fingerprint density at radius 2 is 1.72 bits per heavy atom. The summed E-state index contributed by atoms with van der Waals surface area (Å²) in [5.41, 5.74) is 2.24. The normalized spacial score (nSPS) is 14.5. The number of nitrogens with zero attached hydrogens (tertiary/aromatic N) is 1. The summed E-state index contributed by atoms with van der Waals surface area (Å²) in [4.78, 5) is 12.8. The van der Waals surface area contributed by atoms with E-state index in [0.717, 1.165) is 16.6 Å². The first kappa shape index (κ1) is 21.7. The summed E-state index contributed by atoms with van der Waals surface area (Å²) in [6.45, 7) is 1.02. The number of hydrogen-bond acceptors (Lipinski definition) is 3. The molecule has 1 fully saturated rings. The van der Waals surface area contributed by atoms with Gasteiger partial charge >= 0.3 is 5.97 Å². The molecule has 2 aromatic carbocycles. The number of benzene rings is 2. The lowest BCUT2D eigenvalue weighted by atomic mass is 9.96. The average Bonchev–Trinajstić information content (AvgIpc) is 3.04. The van der Waals surface area contributed by atoms with Crippen molar-refractivity contribution in [3.8, 4) is 5.69 Å². The molecule has 1 aromatic heterocycles. The fourth-order valence-electron chi connectivity index (χ4n) is 4.02. The third kappa shape index (κ3) is 4.77. The summed E-state index contributed by atoms with van der Waals surface area (Å²) in [6, 6.07) is 18.1. The Bertz CT molecular complexity index is 950. The van der Waals surface area contributed by atoms with Crippen LogP contribution in [-0.4, -0.2) is 29.7 Å². The zero-order valence-corrected chi connectivity index (χ0v) is 17.8. The molecule has 3 aromatic rings. The minimum atomic E-state index is -0.374. The molecule has 0 radical (unpaired) electrons. The molecular formula is C23H26Cl2N2O2. The highest BCUT2D eigenvalue weighted by atomic mass is 35.5. The third-order valence-corrected chi connectivity index (χ3v) is 5.77. The number of rotatable bonds is 6. The number of nitrogens with one attached hydrogen (secondary N) is 1. The van der Waals surface area contributed by atoms with Gasteiger partial charge in [-0.15, -0.1) is 12.4 Å². The molecule has 0 atom stereocenters. The number of fused-ring (bicyclic) bond motifs is 1. The molecule has 154 valence electrons. The lowest BCUT2D eigenvalue weighted by Gasteiger charge is -2.22. The summed E-state index contributed by atoms with van der Waals surface area (Å²) < 4.78 is 7.45. The van der Waals surface area contributed by atoms with Crippen molar-refractivity contribution in [2.75, 3.05) is 13.2 Å². The van der Waals surface area contributed by atoms with E-state index in [1.807, 2.05) is 59.2 Å². The van der Waals surface area contributed by atoms with Crippen molar-refractivity contribution in [1.82, 2.24) is 9.88 Å². The molecule has 0 bridgehead atoms. The molecule has 0 amide bonds. The summed E-state index contributed by atoms with van der Waals surface area (Å²) in [7, 11) is 0. The minimum Gasteiger partial charge on any atom is -0.461 e. The fourth-order valence-corrected chi connectivity index (χ4v) is 4.39. The van der Waals surface area contributed by atoms with E-state index in [9.17, 15) is 4.79 Å². The van der Waals surface area contributed by atoms with Crippen LogP contribution in [0, 0.1) is 0 Å². The number of carbonyl (C=O) groups excluding carboxylic acids is 1. The molecule has 1 N–H and O–H groups in total. The summed E-state index contributed by atoms with van der Waals surface area (Å²) in [5.74, 6) is -0.374. The zero-order valence-electron chi connectivity index (χ0n) is 16.3. The first-order valence-corrected chi connectivity index (χ1v) is 10.4. The van der Waals surface area contributed by atoms with Gasteiger partial charge in [-0.1, -0.05) is 67.3 Å². The highest BCUT2D eigenvalue weighted by molar-refractivity contribution is 6.35. The molecule has 6 heteroatoms. The monoisotopic (exact) mass is 432 g/mol. The second kappa shape index (κ2) is 10.1. The maximum Gasteiger partial charge on any atom is 0.341 e. The van der Waals surface area contributed by atoms with Crippen molar-refractivity contribution in [3.63, 3.8) is 0 Å². The second-order valence-corrected chi connectivity index (χ2v) is 7.64. The molecule has 1 saturated carbocycles. The molecule has 1 aliphatic rings. The molecule has 0 spiro atoms. The summed E-state index contributed by atoms with van der Waals surface area (Å²) in [6.07, 6.45) is 6.32. The van der Waals surface area contributed by atoms with E-state index < -0.39 is 0 Å². The number of para-hydroxylation sites is 2. The van der Waals surface area contributed by atoms with Gasteiger partial charge in [0.15, 0.2) is 0 Å². The maximum atomic E-state index is 12.8. The Kier molecular flexibility index (Phi) is 7.59. The lowest BCUT2D eigenvalue weighted by Crippen LogP contribution is -2.33. The number of halogens is 2. The van der Waals surface area contributed by atoms with Crippen molar-refractivity contribution in [1.29, 1.82) is 0 Å². The van der Waals surface area contributed by atoms with Gasteiger partial charge in [0.25, 0.3) is 0 Å². The Hall–Kier alpha value is -2.01. The van der Waals surface area contributed by atoms with Crippen LogP contribution in [0.3, 0.4) is 0 Å². The topological polar surface area (TPSA) is 43.3 Å². The Morgan fingerprint density at radius 3 is 2.48 bits per heavy atom. The molecule has 4 nitrogen and oxygen atoms in total. The molecule has 29 heavy (non-hydrogen) atoms. The standard InChI is InChI=1S/C23H25ClN2O2.ClH/c24-22-21(23(27)28-16-15-25-17-9-3-1-4-10-17)19-13-7-8-14-20(19)26(22)18-11-5-2-6-12-18;/h2,5-8,11-14,17,25H,1,3-4,9-10,15-16H2;1H. The predicted molar refractivity (Wildman–Crippen MR) is 121 cm³/mol. The Labute approximate surface area is 182 Å². The highest BCUT2D eigenvalue weighted by Gasteiger charge is 2.23. The second-order valence-electron chi connectivity index (χ2n) is 7.28. The first-order valence-electron chi connectivity index (χ1n) is 10.0. The van der Waals surface area contributed by atoms with Gasteiger partial charge in [-0.2, -0.15) is 0 Å². The summed E-state index contributed by atoms with van der Waals surface area (Å²) in [5, 5.41) is 4.69. The fraction of sp³-hybridized carbons (Fsp3) is 0.348. The molecule has 4 rings (SSSR count). The molecular weight excluding hydrogens is 407 g/mol. The number of hydrogen-bond donors (Lipinski definition) is 1. The van der Waals surface area contributed by atoms with Gasteiger partial charge in [0.2, 0.25) is 0 Å². The van der Waals surface area contributed by atoms with Gasteiger partial charge in [-0.25, -0.2) is 4.79 Å². The molecule has 1 aliphatic carbocycles. The van der Waals surface area contributed by atoms with Crippen LogP contribution in [0.2, 0.25) is 5.15 Å². The van der Waals surface area contributed by atoms with Crippen LogP contribution in [0.4, 0.5) is 0 Å². The number of ether oxygens (including phenoxy) is 1. The molecule has 0 aliphatic heterocycles. The van der Waals surface area contributed by atoms with Crippen LogP contribution in [0.1, 0.15) is 42.5 Å². The molecule has 1 heterocycles. The average molecular weight is 433 g/mol. The molecule has 0 unspecified atom stereocenters. The number of aromatic nitrogens is 1. The van der Waals surface area contributed by atoms with Gasteiger partial charge in [-0.05, 0) is 31.0 Å². The maximum absolute atomic E-state index is 12.8. The van der Waals surface area contributed by atoms with Crippen molar-refractivity contribution in [2.24, 2.45) is 0 Å². The Morgan fingerprint density at radius 1 is 1.03 bits per heavy atom. The molecule has 0 saturated heterocycles. The van der Waals surface area contributed by atoms with E-state index >= 15 is 0 Å². The van der Waals surface area contributed by atoms with Crippen LogP contribution >= 0.6 is 24.0 Å². The third-order valence-electron chi connectivity index (χ3n) is 5.41. The zero-order chi connectivity index (χ0) is 19.3. The van der Waals surface area contributed by atoms with Crippen LogP contribution in [0.25, 0.3) is 16.6 Å². The van der Waals surface area contributed by atoms with E-state index in [1.165, 1.54) is 32.1 Å². The quantitative estimate of drug-likeness (QED) is 0.396. The van der Waals surface area contributed by atoms with E-state index in [-0.39, 0.29) is 18.4 Å². The van der Waals surface area contributed by atoms with Crippen LogP contribution in [0.15, 0.2) is 54.6 Å². The van der Waals surface area contributed by atoms with Gasteiger partial charge in [0.05, 0.1) is 5.52 Å². The largest absolute Gasteiger partial charge is 0.461 e. The van der Waals surface area contributed by atoms with E-state index in [1.54, 1.807) is 0 Å². The first-order chi connectivity index (χ1) is 13.8. The number of carbonyl (C=O) groups is 1. The smallest absolute Gasteiger partial charge is 0.341 e.